The summed E-state index contributed by atoms with van der Waals surface area (Å²) in [6.45, 7) is 3.56. The third kappa shape index (κ3) is 5.76. The van der Waals surface area contributed by atoms with Crippen LogP contribution in [-0.2, 0) is 0 Å². The molecule has 6 heteroatoms. The van der Waals surface area contributed by atoms with Crippen molar-refractivity contribution < 1.29 is 0 Å². The van der Waals surface area contributed by atoms with E-state index < -0.39 is 0 Å². The van der Waals surface area contributed by atoms with Gasteiger partial charge in [-0.05, 0) is 143 Å². The molecule has 0 spiro atoms. The molecule has 208 valence electrons. The molecule has 2 aliphatic rings. The SMILES string of the molecule is Cc1nc(-c2cc(C3=CCNC=C3)cc(-c3ccncc3)c2)cc(-c2cc(C3=CCNC=C3)cc(-c3ccncc3)c2)n1. The van der Waals surface area contributed by atoms with Gasteiger partial charge in [0.05, 0.1) is 11.4 Å². The van der Waals surface area contributed by atoms with E-state index in [9.17, 15) is 0 Å². The number of pyridine rings is 2. The Morgan fingerprint density at radius 3 is 1.33 bits per heavy atom. The first-order valence-corrected chi connectivity index (χ1v) is 14.4. The van der Waals surface area contributed by atoms with Crippen LogP contribution in [0.4, 0.5) is 0 Å². The van der Waals surface area contributed by atoms with E-state index >= 15 is 0 Å². The van der Waals surface area contributed by atoms with Crippen LogP contribution in [0.5, 0.6) is 0 Å². The molecule has 0 atom stereocenters. The van der Waals surface area contributed by atoms with Gasteiger partial charge in [-0.2, -0.15) is 0 Å². The summed E-state index contributed by atoms with van der Waals surface area (Å²) in [6, 6.07) is 23.6. The van der Waals surface area contributed by atoms with Gasteiger partial charge < -0.3 is 10.6 Å². The predicted octanol–water partition coefficient (Wildman–Crippen LogP) is 7.24. The van der Waals surface area contributed by atoms with E-state index in [0.717, 1.165) is 74.8 Å². The number of nitrogens with zero attached hydrogens (tertiary/aromatic N) is 4. The molecule has 2 aromatic carbocycles. The highest BCUT2D eigenvalue weighted by atomic mass is 14.9. The molecule has 5 aromatic rings. The van der Waals surface area contributed by atoms with Crippen LogP contribution in [0.1, 0.15) is 17.0 Å². The summed E-state index contributed by atoms with van der Waals surface area (Å²) in [6.07, 6.45) is 20.0. The summed E-state index contributed by atoms with van der Waals surface area (Å²) in [4.78, 5) is 18.3. The van der Waals surface area contributed by atoms with E-state index in [0.29, 0.717) is 0 Å². The van der Waals surface area contributed by atoms with E-state index in [1.54, 1.807) is 0 Å². The first-order chi connectivity index (χ1) is 21.2. The maximum atomic E-state index is 4.93. The van der Waals surface area contributed by atoms with Gasteiger partial charge in [-0.25, -0.2) is 9.97 Å². The van der Waals surface area contributed by atoms with Crippen LogP contribution in [0.3, 0.4) is 0 Å². The lowest BCUT2D eigenvalue weighted by molar-refractivity contribution is 0.976. The number of hydrogen-bond acceptors (Lipinski definition) is 6. The molecule has 0 unspecified atom stereocenters. The molecule has 0 fully saturated rings. The van der Waals surface area contributed by atoms with Crippen molar-refractivity contribution in [3.63, 3.8) is 0 Å². The summed E-state index contributed by atoms with van der Waals surface area (Å²) >= 11 is 0. The Morgan fingerprint density at radius 1 is 0.488 bits per heavy atom. The third-order valence-corrected chi connectivity index (χ3v) is 7.63. The second-order valence-corrected chi connectivity index (χ2v) is 10.6. The van der Waals surface area contributed by atoms with Crippen molar-refractivity contribution >= 4 is 11.1 Å². The number of aryl methyl sites for hydroxylation is 1. The van der Waals surface area contributed by atoms with Gasteiger partial charge in [0, 0.05) is 49.0 Å². The highest BCUT2D eigenvalue weighted by molar-refractivity contribution is 5.85. The zero-order chi connectivity index (χ0) is 29.0. The lowest BCUT2D eigenvalue weighted by atomic mass is 9.93. The summed E-state index contributed by atoms with van der Waals surface area (Å²) < 4.78 is 0. The molecular weight excluding hydrogens is 528 g/mol. The van der Waals surface area contributed by atoms with Gasteiger partial charge in [0.2, 0.25) is 0 Å². The van der Waals surface area contributed by atoms with Gasteiger partial charge in [0.1, 0.15) is 5.82 Å². The molecule has 0 radical (unpaired) electrons. The van der Waals surface area contributed by atoms with E-state index in [-0.39, 0.29) is 0 Å². The predicted molar refractivity (Wildman–Crippen MR) is 174 cm³/mol. The van der Waals surface area contributed by atoms with Crippen molar-refractivity contribution in [3.05, 3.63) is 145 Å². The minimum absolute atomic E-state index is 0.723. The van der Waals surface area contributed by atoms with Crippen LogP contribution in [-0.4, -0.2) is 33.0 Å². The first-order valence-electron chi connectivity index (χ1n) is 14.4. The van der Waals surface area contributed by atoms with Gasteiger partial charge >= 0.3 is 0 Å². The number of rotatable bonds is 6. The van der Waals surface area contributed by atoms with Crippen molar-refractivity contribution in [2.75, 3.05) is 13.1 Å². The van der Waals surface area contributed by atoms with Crippen molar-refractivity contribution in [3.8, 4) is 44.8 Å². The van der Waals surface area contributed by atoms with Gasteiger partial charge in [-0.3, -0.25) is 9.97 Å². The standard InChI is InChI=1S/C37H30N6/c1-25-42-36(34-20-30(26-2-10-38-11-3-26)18-31(21-34)27-4-12-39-13-5-27)24-37(43-25)35-22-32(28-6-14-40-15-7-28)19-33(23-35)29-8-16-41-17-9-29/h2-12,14-16,18-24,39,41H,13,17H2,1H3. The highest BCUT2D eigenvalue weighted by Crippen LogP contribution is 2.35. The van der Waals surface area contributed by atoms with Crippen molar-refractivity contribution in [1.82, 2.24) is 30.6 Å². The molecule has 6 nitrogen and oxygen atoms in total. The molecule has 2 aliphatic heterocycles. The second kappa shape index (κ2) is 11.7. The smallest absolute Gasteiger partial charge is 0.126 e. The van der Waals surface area contributed by atoms with E-state index in [1.807, 2.05) is 68.4 Å². The van der Waals surface area contributed by atoms with Crippen molar-refractivity contribution in [2.45, 2.75) is 6.92 Å². The summed E-state index contributed by atoms with van der Waals surface area (Å²) in [7, 11) is 0. The third-order valence-electron chi connectivity index (χ3n) is 7.63. The maximum absolute atomic E-state index is 4.93. The number of benzene rings is 2. The number of hydrogen-bond donors (Lipinski definition) is 2. The molecular formula is C37H30N6. The topological polar surface area (TPSA) is 75.6 Å². The fraction of sp³-hybridized carbons (Fsp3) is 0.0811. The Bertz CT molecular complexity index is 1780. The summed E-state index contributed by atoms with van der Waals surface area (Å²) in [5.41, 5.74) is 13.0. The normalized spacial score (nSPS) is 14.0. The average Bonchev–Trinajstić information content (AvgIpc) is 3.09. The molecule has 43 heavy (non-hydrogen) atoms. The molecule has 7 rings (SSSR count). The number of nitrogens with one attached hydrogen (secondary N) is 2. The fourth-order valence-electron chi connectivity index (χ4n) is 5.51. The molecule has 0 saturated carbocycles. The molecule has 0 bridgehead atoms. The van der Waals surface area contributed by atoms with Crippen LogP contribution in [0, 0.1) is 6.92 Å². The van der Waals surface area contributed by atoms with Gasteiger partial charge in [-0.15, -0.1) is 0 Å². The van der Waals surface area contributed by atoms with Gasteiger partial charge in [0.15, 0.2) is 0 Å². The highest BCUT2D eigenvalue weighted by Gasteiger charge is 2.14. The summed E-state index contributed by atoms with van der Waals surface area (Å²) in [5, 5.41) is 6.51. The zero-order valence-electron chi connectivity index (χ0n) is 23.8. The van der Waals surface area contributed by atoms with Crippen LogP contribution >= 0.6 is 0 Å². The Kier molecular flexibility index (Phi) is 7.15. The minimum Gasteiger partial charge on any atom is -0.387 e. The lowest BCUT2D eigenvalue weighted by Gasteiger charge is -2.15. The van der Waals surface area contributed by atoms with E-state index in [1.165, 1.54) is 11.1 Å². The van der Waals surface area contributed by atoms with Gasteiger partial charge in [-0.1, -0.05) is 12.2 Å². The van der Waals surface area contributed by atoms with Crippen molar-refractivity contribution in [1.29, 1.82) is 0 Å². The Balaban J connectivity index is 1.38. The molecule has 0 aliphatic carbocycles. The zero-order valence-corrected chi connectivity index (χ0v) is 23.8. The van der Waals surface area contributed by atoms with Crippen LogP contribution in [0.25, 0.3) is 55.9 Å². The Hall–Kier alpha value is -5.62. The average molecular weight is 559 g/mol. The molecule has 0 saturated heterocycles. The maximum Gasteiger partial charge on any atom is 0.126 e. The number of allylic oxidation sites excluding steroid dienone is 4. The number of aromatic nitrogens is 4. The Labute approximate surface area is 251 Å². The quantitative estimate of drug-likeness (QED) is 0.229. The first kappa shape index (κ1) is 26.3. The monoisotopic (exact) mass is 558 g/mol. The molecule has 2 N–H and O–H groups in total. The lowest BCUT2D eigenvalue weighted by Crippen LogP contribution is -2.08. The van der Waals surface area contributed by atoms with Crippen molar-refractivity contribution in [2.24, 2.45) is 0 Å². The van der Waals surface area contributed by atoms with E-state index in [2.05, 4.69) is 87.4 Å². The largest absolute Gasteiger partial charge is 0.387 e. The summed E-state index contributed by atoms with van der Waals surface area (Å²) in [5.74, 6) is 0.723. The van der Waals surface area contributed by atoms with Crippen LogP contribution in [0.2, 0.25) is 0 Å². The molecule has 3 aromatic heterocycles. The Morgan fingerprint density at radius 2 is 0.907 bits per heavy atom. The minimum atomic E-state index is 0.723. The molecule has 0 amide bonds. The van der Waals surface area contributed by atoms with Crippen LogP contribution < -0.4 is 10.6 Å². The van der Waals surface area contributed by atoms with E-state index in [4.69, 9.17) is 9.97 Å². The molecule has 5 heterocycles. The number of dihydropyridines is 2. The van der Waals surface area contributed by atoms with Gasteiger partial charge in [0.25, 0.3) is 0 Å². The fourth-order valence-corrected chi connectivity index (χ4v) is 5.51. The van der Waals surface area contributed by atoms with Crippen LogP contribution in [0.15, 0.2) is 128 Å². The second-order valence-electron chi connectivity index (χ2n) is 10.6.